The first-order chi connectivity index (χ1) is 12.7. The third-order valence-electron chi connectivity index (χ3n) is 4.92. The molecule has 5 heteroatoms. The van der Waals surface area contributed by atoms with Gasteiger partial charge in [-0.1, -0.05) is 24.3 Å². The molecule has 0 unspecified atom stereocenters. The number of methoxy groups -OCH3 is 2. The minimum Gasteiger partial charge on any atom is -0.497 e. The molecule has 1 aliphatic carbocycles. The highest BCUT2D eigenvalue weighted by atomic mass is 16.5. The predicted molar refractivity (Wildman–Crippen MR) is 98.5 cm³/mol. The van der Waals surface area contributed by atoms with Crippen molar-refractivity contribution >= 4 is 5.78 Å². The molecule has 0 aliphatic heterocycles. The third-order valence-corrected chi connectivity index (χ3v) is 4.92. The summed E-state index contributed by atoms with van der Waals surface area (Å²) in [4.78, 5) is 12.7. The van der Waals surface area contributed by atoms with E-state index >= 15 is 0 Å². The highest BCUT2D eigenvalue weighted by Gasteiger charge is 2.31. The van der Waals surface area contributed by atoms with Crippen LogP contribution in [0, 0.1) is 0 Å². The quantitative estimate of drug-likeness (QED) is 0.720. The summed E-state index contributed by atoms with van der Waals surface area (Å²) in [5, 5.41) is 4.46. The Balaban J connectivity index is 1.74. The zero-order valence-electron chi connectivity index (χ0n) is 14.8. The molecule has 0 fully saturated rings. The number of hydrogen-bond donors (Lipinski definition) is 0. The van der Waals surface area contributed by atoms with Gasteiger partial charge in [0, 0.05) is 18.4 Å². The summed E-state index contributed by atoms with van der Waals surface area (Å²) in [5.41, 5.74) is 3.66. The van der Waals surface area contributed by atoms with Crippen molar-refractivity contribution in [3.05, 3.63) is 71.5 Å². The van der Waals surface area contributed by atoms with E-state index in [4.69, 9.17) is 9.47 Å². The van der Waals surface area contributed by atoms with Crippen LogP contribution in [0.4, 0.5) is 0 Å². The molecule has 2 aromatic carbocycles. The monoisotopic (exact) mass is 348 g/mol. The van der Waals surface area contributed by atoms with Crippen LogP contribution in [0.5, 0.6) is 11.5 Å². The molecule has 1 aromatic heterocycles. The Morgan fingerprint density at radius 1 is 1.04 bits per heavy atom. The second-order valence-electron chi connectivity index (χ2n) is 6.39. The van der Waals surface area contributed by atoms with E-state index in [0.29, 0.717) is 6.42 Å². The van der Waals surface area contributed by atoms with Gasteiger partial charge in [-0.25, -0.2) is 4.68 Å². The molecule has 1 heterocycles. The fourth-order valence-electron chi connectivity index (χ4n) is 3.61. The topological polar surface area (TPSA) is 53.3 Å². The molecule has 5 nitrogen and oxygen atoms in total. The number of ether oxygens (including phenoxy) is 2. The van der Waals surface area contributed by atoms with Crippen LogP contribution in [-0.2, 0) is 6.42 Å². The lowest BCUT2D eigenvalue weighted by atomic mass is 9.82. The fraction of sp³-hybridized carbons (Fsp3) is 0.238. The molecule has 1 aliphatic rings. The van der Waals surface area contributed by atoms with Crippen molar-refractivity contribution in [2.75, 3.05) is 14.2 Å². The lowest BCUT2D eigenvalue weighted by Gasteiger charge is -2.24. The van der Waals surface area contributed by atoms with Crippen LogP contribution >= 0.6 is 0 Å². The van der Waals surface area contributed by atoms with Crippen LogP contribution < -0.4 is 9.47 Å². The van der Waals surface area contributed by atoms with Gasteiger partial charge in [0.2, 0.25) is 0 Å². The van der Waals surface area contributed by atoms with Crippen LogP contribution in [-0.4, -0.2) is 29.8 Å². The van der Waals surface area contributed by atoms with E-state index in [0.717, 1.165) is 40.4 Å². The van der Waals surface area contributed by atoms with Crippen molar-refractivity contribution in [2.45, 2.75) is 18.8 Å². The average molecular weight is 348 g/mol. The number of para-hydroxylation sites is 1. The maximum absolute atomic E-state index is 12.7. The van der Waals surface area contributed by atoms with E-state index in [1.54, 1.807) is 20.4 Å². The standard InChI is InChI=1S/C21H20N2O3/c1-25-16-8-9-17(21(12-16)26-2)14-10-19-18(20(24)11-14)13-22-23(19)15-6-4-3-5-7-15/h3-9,12-14H,10-11H2,1-2H3/t14-/m1/s1. The molecule has 0 radical (unpaired) electrons. The number of aromatic nitrogens is 2. The van der Waals surface area contributed by atoms with Gasteiger partial charge in [-0.3, -0.25) is 4.79 Å². The van der Waals surface area contributed by atoms with Gasteiger partial charge in [0.15, 0.2) is 5.78 Å². The summed E-state index contributed by atoms with van der Waals surface area (Å²) in [6.07, 6.45) is 2.88. The van der Waals surface area contributed by atoms with Crippen LogP contribution in [0.25, 0.3) is 5.69 Å². The Morgan fingerprint density at radius 3 is 2.58 bits per heavy atom. The molecule has 1 atom stereocenters. The highest BCUT2D eigenvalue weighted by Crippen LogP contribution is 2.39. The minimum absolute atomic E-state index is 0.0509. The summed E-state index contributed by atoms with van der Waals surface area (Å²) >= 11 is 0. The average Bonchev–Trinajstić information content (AvgIpc) is 3.12. The number of carbonyl (C=O) groups excluding carboxylic acids is 1. The zero-order valence-corrected chi connectivity index (χ0v) is 14.8. The lowest BCUT2D eigenvalue weighted by molar-refractivity contribution is 0.0963. The van der Waals surface area contributed by atoms with Gasteiger partial charge in [0.05, 0.1) is 37.4 Å². The number of nitrogens with zero attached hydrogens (tertiary/aromatic N) is 2. The second-order valence-corrected chi connectivity index (χ2v) is 6.39. The van der Waals surface area contributed by atoms with Gasteiger partial charge in [0.25, 0.3) is 0 Å². The van der Waals surface area contributed by atoms with Crippen molar-refractivity contribution in [3.63, 3.8) is 0 Å². The molecule has 0 saturated carbocycles. The van der Waals surface area contributed by atoms with Gasteiger partial charge in [-0.15, -0.1) is 0 Å². The number of hydrogen-bond acceptors (Lipinski definition) is 4. The zero-order chi connectivity index (χ0) is 18.1. The van der Waals surface area contributed by atoms with E-state index in [1.165, 1.54) is 0 Å². The number of rotatable bonds is 4. The SMILES string of the molecule is COc1ccc([C@H]2CC(=O)c3cnn(-c4ccccc4)c3C2)c(OC)c1. The number of carbonyl (C=O) groups is 1. The Morgan fingerprint density at radius 2 is 1.85 bits per heavy atom. The van der Waals surface area contributed by atoms with Crippen molar-refractivity contribution < 1.29 is 14.3 Å². The molecular formula is C21H20N2O3. The van der Waals surface area contributed by atoms with Gasteiger partial charge >= 0.3 is 0 Å². The second kappa shape index (κ2) is 6.67. The number of Topliss-reactive ketones (excluding diaryl/α,β-unsaturated/α-hetero) is 1. The van der Waals surface area contributed by atoms with Gasteiger partial charge < -0.3 is 9.47 Å². The summed E-state index contributed by atoms with van der Waals surface area (Å²) in [7, 11) is 3.27. The third kappa shape index (κ3) is 2.75. The van der Waals surface area contributed by atoms with Crippen LogP contribution in [0.1, 0.15) is 34.0 Å². The minimum atomic E-state index is 0.0509. The summed E-state index contributed by atoms with van der Waals surface area (Å²) < 4.78 is 12.7. The maximum Gasteiger partial charge on any atom is 0.166 e. The van der Waals surface area contributed by atoms with E-state index in [-0.39, 0.29) is 11.7 Å². The summed E-state index contributed by atoms with van der Waals surface area (Å²) in [6.45, 7) is 0. The highest BCUT2D eigenvalue weighted by molar-refractivity contribution is 5.98. The molecule has 0 saturated heterocycles. The number of benzene rings is 2. The maximum atomic E-state index is 12.7. The van der Waals surface area contributed by atoms with E-state index in [2.05, 4.69) is 5.10 Å². The van der Waals surface area contributed by atoms with Crippen molar-refractivity contribution in [1.82, 2.24) is 9.78 Å². The molecule has 0 spiro atoms. The van der Waals surface area contributed by atoms with Crippen LogP contribution in [0.2, 0.25) is 0 Å². The first-order valence-corrected chi connectivity index (χ1v) is 8.58. The molecule has 0 bridgehead atoms. The Bertz CT molecular complexity index is 947. The summed E-state index contributed by atoms with van der Waals surface area (Å²) in [6, 6.07) is 15.7. The molecule has 0 N–H and O–H groups in total. The smallest absolute Gasteiger partial charge is 0.166 e. The summed E-state index contributed by atoms with van der Waals surface area (Å²) in [5.74, 6) is 1.66. The van der Waals surface area contributed by atoms with E-state index in [1.807, 2.05) is 53.2 Å². The van der Waals surface area contributed by atoms with E-state index in [9.17, 15) is 4.79 Å². The molecular weight excluding hydrogens is 328 g/mol. The lowest BCUT2D eigenvalue weighted by Crippen LogP contribution is -2.20. The largest absolute Gasteiger partial charge is 0.497 e. The van der Waals surface area contributed by atoms with Crippen molar-refractivity contribution in [2.24, 2.45) is 0 Å². The van der Waals surface area contributed by atoms with Gasteiger partial charge in [-0.05, 0) is 30.2 Å². The Hall–Kier alpha value is -3.08. The van der Waals surface area contributed by atoms with E-state index < -0.39 is 0 Å². The normalized spacial score (nSPS) is 16.2. The van der Waals surface area contributed by atoms with Gasteiger partial charge in [0.1, 0.15) is 11.5 Å². The predicted octanol–water partition coefficient (Wildman–Crippen LogP) is 3.80. The number of fused-ring (bicyclic) bond motifs is 1. The fourth-order valence-corrected chi connectivity index (χ4v) is 3.61. The molecule has 4 rings (SSSR count). The first-order valence-electron chi connectivity index (χ1n) is 8.58. The van der Waals surface area contributed by atoms with Crippen molar-refractivity contribution in [3.8, 4) is 17.2 Å². The number of ketones is 1. The molecule has 3 aromatic rings. The molecule has 132 valence electrons. The van der Waals surface area contributed by atoms with Gasteiger partial charge in [-0.2, -0.15) is 5.10 Å². The Labute approximate surface area is 152 Å². The molecule has 26 heavy (non-hydrogen) atoms. The van der Waals surface area contributed by atoms with Crippen LogP contribution in [0.15, 0.2) is 54.7 Å². The van der Waals surface area contributed by atoms with Crippen molar-refractivity contribution in [1.29, 1.82) is 0 Å². The Kier molecular flexibility index (Phi) is 4.21. The van der Waals surface area contributed by atoms with Crippen LogP contribution in [0.3, 0.4) is 0 Å². The first kappa shape index (κ1) is 16.4. The molecule has 0 amide bonds.